The minimum Gasteiger partial charge on any atom is -0.340 e. The molecule has 0 spiro atoms. The van der Waals surface area contributed by atoms with Gasteiger partial charge in [0.05, 0.1) is 17.9 Å². The molecule has 0 saturated carbocycles. The number of anilines is 2. The molecule has 1 N–H and O–H groups in total. The molecular weight excluding hydrogens is 280 g/mol. The van der Waals surface area contributed by atoms with E-state index in [1.807, 2.05) is 24.3 Å². The summed E-state index contributed by atoms with van der Waals surface area (Å²) in [6, 6.07) is 9.99. The summed E-state index contributed by atoms with van der Waals surface area (Å²) < 4.78 is 0. The molecule has 2 aromatic heterocycles. The number of nitriles is 1. The summed E-state index contributed by atoms with van der Waals surface area (Å²) in [7, 11) is 0. The molecule has 4 nitrogen and oxygen atoms in total. The maximum absolute atomic E-state index is 8.69. The number of nitrogens with zero attached hydrogens (tertiary/aromatic N) is 3. The lowest BCUT2D eigenvalue weighted by Crippen LogP contribution is -1.95. The van der Waals surface area contributed by atoms with E-state index in [0.29, 0.717) is 6.42 Å². The Balaban J connectivity index is 1.96. The van der Waals surface area contributed by atoms with Gasteiger partial charge >= 0.3 is 0 Å². The van der Waals surface area contributed by atoms with Gasteiger partial charge in [-0.1, -0.05) is 12.1 Å². The van der Waals surface area contributed by atoms with Crippen LogP contribution in [0.3, 0.4) is 0 Å². The summed E-state index contributed by atoms with van der Waals surface area (Å²) >= 11 is 1.69. The summed E-state index contributed by atoms with van der Waals surface area (Å²) in [5.41, 5.74) is 3.19. The van der Waals surface area contributed by atoms with Crippen molar-refractivity contribution in [3.05, 3.63) is 46.6 Å². The fourth-order valence-electron chi connectivity index (χ4n) is 2.21. The molecule has 1 aromatic carbocycles. The molecule has 21 heavy (non-hydrogen) atoms. The van der Waals surface area contributed by atoms with Crippen LogP contribution in [-0.4, -0.2) is 9.97 Å². The van der Waals surface area contributed by atoms with Gasteiger partial charge in [-0.3, -0.25) is 0 Å². The van der Waals surface area contributed by atoms with Crippen LogP contribution in [0.25, 0.3) is 10.2 Å². The molecule has 104 valence electrons. The van der Waals surface area contributed by atoms with Crippen molar-refractivity contribution in [2.24, 2.45) is 0 Å². The van der Waals surface area contributed by atoms with E-state index in [0.717, 1.165) is 27.3 Å². The van der Waals surface area contributed by atoms with Gasteiger partial charge in [0.2, 0.25) is 0 Å². The first kappa shape index (κ1) is 13.5. The minimum absolute atomic E-state index is 0.431. The standard InChI is InChI=1S/C16H14N4S/c1-10-11(2)21-16-14(10)15(18-9-19-16)20-13-5-3-12(4-6-13)7-8-17/h3-6,9H,7H2,1-2H3,(H,18,19,20). The van der Waals surface area contributed by atoms with Gasteiger partial charge in [0, 0.05) is 10.6 Å². The molecule has 0 bridgehead atoms. The number of thiophene rings is 1. The van der Waals surface area contributed by atoms with Crippen molar-refractivity contribution >= 4 is 33.1 Å². The Kier molecular flexibility index (Phi) is 3.55. The average Bonchev–Trinajstić information content (AvgIpc) is 2.78. The van der Waals surface area contributed by atoms with Crippen molar-refractivity contribution in [1.29, 1.82) is 5.26 Å². The lowest BCUT2D eigenvalue weighted by atomic mass is 10.1. The van der Waals surface area contributed by atoms with Gasteiger partial charge in [0.25, 0.3) is 0 Å². The summed E-state index contributed by atoms with van der Waals surface area (Å²) in [4.78, 5) is 11.0. The topological polar surface area (TPSA) is 61.6 Å². The van der Waals surface area contributed by atoms with Crippen LogP contribution in [-0.2, 0) is 6.42 Å². The fraction of sp³-hybridized carbons (Fsp3) is 0.188. The van der Waals surface area contributed by atoms with Gasteiger partial charge in [-0.05, 0) is 37.1 Å². The third kappa shape index (κ3) is 2.58. The molecule has 0 aliphatic rings. The van der Waals surface area contributed by atoms with E-state index in [1.54, 1.807) is 17.7 Å². The van der Waals surface area contributed by atoms with Crippen molar-refractivity contribution < 1.29 is 0 Å². The van der Waals surface area contributed by atoms with Crippen LogP contribution >= 0.6 is 11.3 Å². The Labute approximate surface area is 127 Å². The number of fused-ring (bicyclic) bond motifs is 1. The lowest BCUT2D eigenvalue weighted by molar-refractivity contribution is 1.22. The molecule has 0 radical (unpaired) electrons. The SMILES string of the molecule is Cc1sc2ncnc(Nc3ccc(CC#N)cc3)c2c1C. The number of nitrogens with one attached hydrogen (secondary N) is 1. The highest BCUT2D eigenvalue weighted by Gasteiger charge is 2.11. The number of hydrogen-bond donors (Lipinski definition) is 1. The van der Waals surface area contributed by atoms with Gasteiger partial charge in [-0.25, -0.2) is 9.97 Å². The predicted octanol–water partition coefficient (Wildman–Crippen LogP) is 4.12. The molecular formula is C16H14N4S. The Morgan fingerprint density at radius 1 is 1.19 bits per heavy atom. The van der Waals surface area contributed by atoms with Crippen LogP contribution in [0.4, 0.5) is 11.5 Å². The van der Waals surface area contributed by atoms with E-state index >= 15 is 0 Å². The number of hydrogen-bond acceptors (Lipinski definition) is 5. The monoisotopic (exact) mass is 294 g/mol. The zero-order valence-corrected chi connectivity index (χ0v) is 12.7. The second-order valence-electron chi connectivity index (χ2n) is 4.84. The highest BCUT2D eigenvalue weighted by atomic mass is 32.1. The van der Waals surface area contributed by atoms with Crippen LogP contribution in [0, 0.1) is 25.2 Å². The van der Waals surface area contributed by atoms with E-state index in [1.165, 1.54) is 10.4 Å². The number of benzene rings is 1. The quantitative estimate of drug-likeness (QED) is 0.789. The smallest absolute Gasteiger partial charge is 0.142 e. The minimum atomic E-state index is 0.431. The molecule has 0 aliphatic heterocycles. The first-order chi connectivity index (χ1) is 10.2. The van der Waals surface area contributed by atoms with E-state index in [9.17, 15) is 0 Å². The highest BCUT2D eigenvalue weighted by Crippen LogP contribution is 2.33. The van der Waals surface area contributed by atoms with Crippen LogP contribution in [0.5, 0.6) is 0 Å². The zero-order chi connectivity index (χ0) is 14.8. The third-order valence-electron chi connectivity index (χ3n) is 3.47. The average molecular weight is 294 g/mol. The van der Waals surface area contributed by atoms with Crippen molar-refractivity contribution in [2.45, 2.75) is 20.3 Å². The first-order valence-electron chi connectivity index (χ1n) is 6.62. The lowest BCUT2D eigenvalue weighted by Gasteiger charge is -2.07. The summed E-state index contributed by atoms with van der Waals surface area (Å²) in [5, 5.41) is 13.1. The van der Waals surface area contributed by atoms with E-state index in [4.69, 9.17) is 5.26 Å². The molecule has 0 fully saturated rings. The third-order valence-corrected chi connectivity index (χ3v) is 4.58. The van der Waals surface area contributed by atoms with Crippen LogP contribution in [0.1, 0.15) is 16.0 Å². The fourth-order valence-corrected chi connectivity index (χ4v) is 3.21. The highest BCUT2D eigenvalue weighted by molar-refractivity contribution is 7.18. The summed E-state index contributed by atoms with van der Waals surface area (Å²) in [6.45, 7) is 4.20. The summed E-state index contributed by atoms with van der Waals surface area (Å²) in [5.74, 6) is 0.829. The number of rotatable bonds is 3. The van der Waals surface area contributed by atoms with Crippen molar-refractivity contribution in [3.8, 4) is 6.07 Å². The second-order valence-corrected chi connectivity index (χ2v) is 6.05. The predicted molar refractivity (Wildman–Crippen MR) is 85.9 cm³/mol. The van der Waals surface area contributed by atoms with Gasteiger partial charge in [-0.15, -0.1) is 11.3 Å². The largest absolute Gasteiger partial charge is 0.340 e. The molecule has 2 heterocycles. The van der Waals surface area contributed by atoms with E-state index in [-0.39, 0.29) is 0 Å². The number of aromatic nitrogens is 2. The van der Waals surface area contributed by atoms with E-state index < -0.39 is 0 Å². The second kappa shape index (κ2) is 5.51. The molecule has 0 saturated heterocycles. The normalized spacial score (nSPS) is 10.5. The zero-order valence-electron chi connectivity index (χ0n) is 11.8. The Morgan fingerprint density at radius 2 is 1.95 bits per heavy atom. The van der Waals surface area contributed by atoms with Crippen molar-refractivity contribution in [1.82, 2.24) is 9.97 Å². The summed E-state index contributed by atoms with van der Waals surface area (Å²) in [6.07, 6.45) is 2.02. The Hall–Kier alpha value is -2.45. The van der Waals surface area contributed by atoms with Crippen molar-refractivity contribution in [2.75, 3.05) is 5.32 Å². The first-order valence-corrected chi connectivity index (χ1v) is 7.44. The molecule has 3 rings (SSSR count). The molecule has 3 aromatic rings. The van der Waals surface area contributed by atoms with Crippen LogP contribution in [0.15, 0.2) is 30.6 Å². The van der Waals surface area contributed by atoms with Crippen LogP contribution < -0.4 is 5.32 Å². The maximum atomic E-state index is 8.69. The number of aryl methyl sites for hydroxylation is 2. The molecule has 0 unspecified atom stereocenters. The Morgan fingerprint density at radius 3 is 2.67 bits per heavy atom. The Bertz CT molecular complexity index is 828. The molecule has 5 heteroatoms. The van der Waals surface area contributed by atoms with Crippen LogP contribution in [0.2, 0.25) is 0 Å². The van der Waals surface area contributed by atoms with Gasteiger partial charge in [0.1, 0.15) is 17.0 Å². The van der Waals surface area contributed by atoms with Gasteiger partial charge < -0.3 is 5.32 Å². The van der Waals surface area contributed by atoms with E-state index in [2.05, 4.69) is 35.2 Å². The molecule has 0 amide bonds. The van der Waals surface area contributed by atoms with Gasteiger partial charge in [-0.2, -0.15) is 5.26 Å². The van der Waals surface area contributed by atoms with Gasteiger partial charge in [0.15, 0.2) is 0 Å². The maximum Gasteiger partial charge on any atom is 0.142 e. The van der Waals surface area contributed by atoms with Crippen molar-refractivity contribution in [3.63, 3.8) is 0 Å². The molecule has 0 atom stereocenters. The molecule has 0 aliphatic carbocycles.